The predicted molar refractivity (Wildman–Crippen MR) is 116 cm³/mol. The molecule has 0 bridgehead atoms. The second-order valence-electron chi connectivity index (χ2n) is 8.43. The van der Waals surface area contributed by atoms with E-state index in [2.05, 4.69) is 0 Å². The van der Waals surface area contributed by atoms with Crippen molar-refractivity contribution in [1.29, 1.82) is 0 Å². The Kier molecular flexibility index (Phi) is 6.11. The largest absolute Gasteiger partial charge is 0.288 e. The monoisotopic (exact) mass is 448 g/mol. The van der Waals surface area contributed by atoms with E-state index < -0.39 is 33.4 Å². The highest BCUT2D eigenvalue weighted by atomic mass is 35.5. The molecule has 0 saturated heterocycles. The second kappa shape index (κ2) is 8.15. The highest BCUT2D eigenvalue weighted by molar-refractivity contribution is 7.89. The summed E-state index contributed by atoms with van der Waals surface area (Å²) in [6.45, 7) is 7.47. The van der Waals surface area contributed by atoms with Crippen molar-refractivity contribution in [3.8, 4) is 0 Å². The first kappa shape index (κ1) is 22.5. The molecule has 6 nitrogen and oxygen atoms in total. The number of rotatable bonds is 4. The maximum Gasteiger partial charge on any atom is 0.272 e. The van der Waals surface area contributed by atoms with Gasteiger partial charge in [0.05, 0.1) is 10.9 Å². The zero-order valence-electron chi connectivity index (χ0n) is 17.3. The first-order chi connectivity index (χ1) is 14.0. The summed E-state index contributed by atoms with van der Waals surface area (Å²) in [5.74, 6) is -0.744. The molecule has 2 unspecified atom stereocenters. The van der Waals surface area contributed by atoms with Gasteiger partial charge in [0.2, 0.25) is 10.0 Å². The number of hydrogen-bond donors (Lipinski definition) is 2. The highest BCUT2D eigenvalue weighted by Crippen LogP contribution is 2.46. The Labute approximate surface area is 182 Å². The van der Waals surface area contributed by atoms with E-state index in [4.69, 9.17) is 11.6 Å². The molecular weight excluding hydrogens is 424 g/mol. The van der Waals surface area contributed by atoms with Crippen molar-refractivity contribution in [1.82, 2.24) is 9.79 Å². The molecule has 1 aliphatic rings. The summed E-state index contributed by atoms with van der Waals surface area (Å²) < 4.78 is 29.1. The lowest BCUT2D eigenvalue weighted by Gasteiger charge is -2.37. The van der Waals surface area contributed by atoms with Crippen LogP contribution in [0.25, 0.3) is 0 Å². The van der Waals surface area contributed by atoms with Gasteiger partial charge in [-0.1, -0.05) is 68.8 Å². The first-order valence-corrected chi connectivity index (χ1v) is 11.3. The van der Waals surface area contributed by atoms with E-state index in [1.54, 1.807) is 67.0 Å². The molecule has 3 rings (SSSR count). The number of hydroxylamine groups is 1. The maximum atomic E-state index is 13.9. The topological polar surface area (TPSA) is 86.7 Å². The van der Waals surface area contributed by atoms with E-state index in [0.29, 0.717) is 16.1 Å². The van der Waals surface area contributed by atoms with Gasteiger partial charge in [-0.05, 0) is 41.7 Å². The molecule has 8 heteroatoms. The molecule has 1 amide bonds. The number of carbonyl (C=O) groups is 1. The van der Waals surface area contributed by atoms with Crippen LogP contribution in [0.1, 0.15) is 37.9 Å². The average molecular weight is 449 g/mol. The number of nitrogens with one attached hydrogen (secondary N) is 1. The molecule has 2 aromatic rings. The van der Waals surface area contributed by atoms with Gasteiger partial charge in [0.25, 0.3) is 5.91 Å². The van der Waals surface area contributed by atoms with Gasteiger partial charge in [0.15, 0.2) is 0 Å². The van der Waals surface area contributed by atoms with Gasteiger partial charge >= 0.3 is 0 Å². The number of benzene rings is 2. The fourth-order valence-electron chi connectivity index (χ4n) is 3.75. The fraction of sp³-hybridized carbons (Fsp3) is 0.318. The zero-order valence-corrected chi connectivity index (χ0v) is 18.8. The van der Waals surface area contributed by atoms with Crippen molar-refractivity contribution in [2.45, 2.75) is 44.7 Å². The van der Waals surface area contributed by atoms with E-state index in [1.807, 2.05) is 20.8 Å². The lowest BCUT2D eigenvalue weighted by Crippen LogP contribution is -2.45. The third-order valence-corrected chi connectivity index (χ3v) is 7.51. The minimum atomic E-state index is -4.00. The normalized spacial score (nSPS) is 20.1. The molecular formula is C22H25ClN2O4S. The van der Waals surface area contributed by atoms with Gasteiger partial charge in [0.1, 0.15) is 0 Å². The summed E-state index contributed by atoms with van der Waals surface area (Å²) in [7, 11) is -4.00. The summed E-state index contributed by atoms with van der Waals surface area (Å²) in [6.07, 6.45) is 1.63. The average Bonchev–Trinajstić information content (AvgIpc) is 3.10. The van der Waals surface area contributed by atoms with E-state index in [1.165, 1.54) is 4.31 Å². The van der Waals surface area contributed by atoms with E-state index in [-0.39, 0.29) is 10.5 Å². The summed E-state index contributed by atoms with van der Waals surface area (Å²) in [5, 5.41) is 9.81. The molecule has 0 radical (unpaired) electrons. The van der Waals surface area contributed by atoms with E-state index in [0.717, 1.165) is 0 Å². The van der Waals surface area contributed by atoms with Crippen LogP contribution in [0.3, 0.4) is 0 Å². The third kappa shape index (κ3) is 4.03. The van der Waals surface area contributed by atoms with Crippen molar-refractivity contribution in [2.75, 3.05) is 0 Å². The third-order valence-electron chi connectivity index (χ3n) is 5.25. The van der Waals surface area contributed by atoms with Crippen molar-refractivity contribution >= 4 is 27.5 Å². The molecule has 2 atom stereocenters. The minimum Gasteiger partial charge on any atom is -0.288 e. The van der Waals surface area contributed by atoms with Gasteiger partial charge in [-0.3, -0.25) is 10.0 Å². The Bertz CT molecular complexity index is 1090. The molecule has 1 heterocycles. The van der Waals surface area contributed by atoms with Gasteiger partial charge in [-0.25, -0.2) is 13.9 Å². The number of aryl methyl sites for hydroxylation is 1. The summed E-state index contributed by atoms with van der Waals surface area (Å²) >= 11 is 6.02. The quantitative estimate of drug-likeness (QED) is 0.541. The van der Waals surface area contributed by atoms with Crippen LogP contribution >= 0.6 is 11.6 Å². The lowest BCUT2D eigenvalue weighted by molar-refractivity contribution is -0.125. The van der Waals surface area contributed by atoms with Crippen LogP contribution in [0.15, 0.2) is 65.1 Å². The lowest BCUT2D eigenvalue weighted by atomic mass is 9.87. The number of amides is 1. The van der Waals surface area contributed by atoms with Crippen molar-refractivity contribution in [3.05, 3.63) is 76.3 Å². The van der Waals surface area contributed by atoms with Crippen LogP contribution in [-0.2, 0) is 14.8 Å². The van der Waals surface area contributed by atoms with Crippen molar-refractivity contribution in [2.24, 2.45) is 5.41 Å². The standard InChI is InChI=1S/C22H25ClN2O4S/c1-14-7-5-6-8-18(14)30(28,29)25-19(22(2,3)4)13-17(21(26)24-27)20(25)15-9-11-16(23)12-10-15/h5-13,19-20,27H,1-4H3,(H,24,26). The number of carbonyl (C=O) groups excluding carboxylic acids is 1. The Balaban J connectivity index is 2.28. The molecule has 1 aliphatic heterocycles. The summed E-state index contributed by atoms with van der Waals surface area (Å²) in [4.78, 5) is 12.7. The van der Waals surface area contributed by atoms with Crippen LogP contribution in [0.2, 0.25) is 5.02 Å². The second-order valence-corrected chi connectivity index (χ2v) is 10.7. The van der Waals surface area contributed by atoms with Gasteiger partial charge in [-0.15, -0.1) is 0 Å². The number of hydrogen-bond acceptors (Lipinski definition) is 4. The van der Waals surface area contributed by atoms with E-state index >= 15 is 0 Å². The smallest absolute Gasteiger partial charge is 0.272 e. The van der Waals surface area contributed by atoms with Gasteiger partial charge in [0, 0.05) is 16.6 Å². The number of halogens is 1. The molecule has 2 aromatic carbocycles. The van der Waals surface area contributed by atoms with Crippen LogP contribution in [-0.4, -0.2) is 29.9 Å². The van der Waals surface area contributed by atoms with E-state index in [9.17, 15) is 18.4 Å². The molecule has 30 heavy (non-hydrogen) atoms. The van der Waals surface area contributed by atoms with Gasteiger partial charge in [-0.2, -0.15) is 4.31 Å². The maximum absolute atomic E-state index is 13.9. The van der Waals surface area contributed by atoms with Crippen molar-refractivity contribution in [3.63, 3.8) is 0 Å². The van der Waals surface area contributed by atoms with Crippen LogP contribution in [0, 0.1) is 12.3 Å². The molecule has 160 valence electrons. The Morgan fingerprint density at radius 3 is 2.23 bits per heavy atom. The molecule has 0 aliphatic carbocycles. The number of sulfonamides is 1. The summed E-state index contributed by atoms with van der Waals surface area (Å²) in [6, 6.07) is 11.9. The fourth-order valence-corrected chi connectivity index (χ4v) is 6.02. The van der Waals surface area contributed by atoms with Crippen LogP contribution < -0.4 is 5.48 Å². The molecule has 0 saturated carbocycles. The molecule has 0 spiro atoms. The highest BCUT2D eigenvalue weighted by Gasteiger charge is 2.49. The Morgan fingerprint density at radius 1 is 1.10 bits per heavy atom. The van der Waals surface area contributed by atoms with Crippen LogP contribution in [0.5, 0.6) is 0 Å². The zero-order chi connectivity index (χ0) is 22.3. The predicted octanol–water partition coefficient (Wildman–Crippen LogP) is 4.24. The summed E-state index contributed by atoms with van der Waals surface area (Å²) in [5.41, 5.74) is 2.50. The van der Waals surface area contributed by atoms with Crippen LogP contribution in [0.4, 0.5) is 0 Å². The Morgan fingerprint density at radius 2 is 1.70 bits per heavy atom. The minimum absolute atomic E-state index is 0.164. The molecule has 2 N–H and O–H groups in total. The van der Waals surface area contributed by atoms with Crippen molar-refractivity contribution < 1.29 is 18.4 Å². The first-order valence-electron chi connectivity index (χ1n) is 9.49. The Hall–Kier alpha value is -2.19. The molecule has 0 aromatic heterocycles. The number of nitrogens with zero attached hydrogens (tertiary/aromatic N) is 1. The molecule has 0 fully saturated rings. The van der Waals surface area contributed by atoms with Gasteiger partial charge < -0.3 is 0 Å². The SMILES string of the molecule is Cc1ccccc1S(=O)(=O)N1C(c2ccc(Cl)cc2)C(C(=O)NO)=CC1C(C)(C)C.